The number of carbonyl (C=O) groups excluding carboxylic acids is 3. The summed E-state index contributed by atoms with van der Waals surface area (Å²) in [7, 11) is 0. The van der Waals surface area contributed by atoms with Gasteiger partial charge < -0.3 is 38.3 Å². The van der Waals surface area contributed by atoms with Gasteiger partial charge in [-0.2, -0.15) is 0 Å². The molecule has 39 heavy (non-hydrogen) atoms. The quantitative estimate of drug-likeness (QED) is 0.0812. The molecular weight excluding hydrogens is 502 g/mol. The van der Waals surface area contributed by atoms with Gasteiger partial charge in [0.1, 0.15) is 18.1 Å². The zero-order valence-electron chi connectivity index (χ0n) is 23.4. The maximum atomic E-state index is 13.4. The van der Waals surface area contributed by atoms with Crippen molar-refractivity contribution in [2.75, 3.05) is 6.54 Å². The smallest absolute Gasteiger partial charge is 0.326 e. The topological polar surface area (TPSA) is 215 Å². The molecule has 1 aromatic carbocycles. The van der Waals surface area contributed by atoms with Crippen molar-refractivity contribution in [3.63, 3.8) is 0 Å². The van der Waals surface area contributed by atoms with E-state index in [1.54, 1.807) is 24.3 Å². The normalized spacial score (nSPS) is 14.8. The predicted molar refractivity (Wildman–Crippen MR) is 150 cm³/mol. The van der Waals surface area contributed by atoms with Crippen LogP contribution in [-0.2, 0) is 25.6 Å². The third kappa shape index (κ3) is 12.6. The number of carboxylic acid groups (broad SMARTS) is 1. The number of hydrogen-bond donors (Lipinski definition) is 7. The van der Waals surface area contributed by atoms with Gasteiger partial charge in [0.2, 0.25) is 17.7 Å². The summed E-state index contributed by atoms with van der Waals surface area (Å²) in [5, 5.41) is 17.6. The third-order valence-corrected chi connectivity index (χ3v) is 6.38. The van der Waals surface area contributed by atoms with Crippen LogP contribution < -0.4 is 33.2 Å². The highest BCUT2D eigenvalue weighted by Crippen LogP contribution is 2.11. The average molecular weight is 548 g/mol. The summed E-state index contributed by atoms with van der Waals surface area (Å²) in [6.07, 6.45) is 1.55. The van der Waals surface area contributed by atoms with Gasteiger partial charge in [0, 0.05) is 13.0 Å². The minimum Gasteiger partial charge on any atom is -0.480 e. The molecule has 0 heterocycles. The van der Waals surface area contributed by atoms with E-state index < -0.39 is 47.9 Å². The summed E-state index contributed by atoms with van der Waals surface area (Å²) in [5.41, 5.74) is 17.4. The number of hydrogen-bond acceptors (Lipinski definition) is 6. The fourth-order valence-corrected chi connectivity index (χ4v) is 3.85. The van der Waals surface area contributed by atoms with Crippen molar-refractivity contribution in [3.05, 3.63) is 35.9 Å². The lowest BCUT2D eigenvalue weighted by Gasteiger charge is -2.27. The summed E-state index contributed by atoms with van der Waals surface area (Å²) in [4.78, 5) is 55.0. The number of benzene rings is 1. The molecule has 0 aliphatic rings. The van der Waals surface area contributed by atoms with Crippen molar-refractivity contribution in [2.24, 2.45) is 34.0 Å². The van der Waals surface area contributed by atoms with Crippen molar-refractivity contribution in [2.45, 2.75) is 84.0 Å². The number of guanidine groups is 1. The van der Waals surface area contributed by atoms with Gasteiger partial charge in [-0.05, 0) is 36.7 Å². The first-order chi connectivity index (χ1) is 18.3. The molecule has 3 amide bonds. The summed E-state index contributed by atoms with van der Waals surface area (Å²) >= 11 is 0. The molecule has 0 aromatic heterocycles. The van der Waals surface area contributed by atoms with Gasteiger partial charge >= 0.3 is 5.97 Å². The van der Waals surface area contributed by atoms with Gasteiger partial charge in [0.15, 0.2) is 5.96 Å². The van der Waals surface area contributed by atoms with Crippen LogP contribution in [0.15, 0.2) is 35.3 Å². The average Bonchev–Trinajstić information content (AvgIpc) is 2.88. The molecule has 12 nitrogen and oxygen atoms in total. The zero-order chi connectivity index (χ0) is 29.5. The number of aliphatic imine (C=N–C) groups is 1. The van der Waals surface area contributed by atoms with Gasteiger partial charge in [0.25, 0.3) is 0 Å². The molecule has 218 valence electrons. The number of nitrogens with zero attached hydrogens (tertiary/aromatic N) is 1. The molecular formula is C27H45N7O5. The van der Waals surface area contributed by atoms with E-state index in [1.807, 2.05) is 33.8 Å². The second-order valence-electron chi connectivity index (χ2n) is 10.2. The van der Waals surface area contributed by atoms with Crippen LogP contribution in [0.1, 0.15) is 58.9 Å². The molecule has 0 aliphatic carbocycles. The number of carboxylic acids is 1. The molecule has 1 rings (SSSR count). The molecule has 0 saturated heterocycles. The SMILES string of the molecule is CCC(C)C(N)C(=O)NC(CC(C)C)C(=O)NC(Cc1ccccc1)C(=O)NC(CCCN=C(N)N)C(=O)O. The Balaban J connectivity index is 3.11. The van der Waals surface area contributed by atoms with Gasteiger partial charge in [-0.1, -0.05) is 64.4 Å². The van der Waals surface area contributed by atoms with Crippen molar-refractivity contribution in [1.29, 1.82) is 0 Å². The van der Waals surface area contributed by atoms with Crippen LogP contribution in [0.3, 0.4) is 0 Å². The van der Waals surface area contributed by atoms with Crippen molar-refractivity contribution >= 4 is 29.7 Å². The Morgan fingerprint density at radius 3 is 2.00 bits per heavy atom. The van der Waals surface area contributed by atoms with E-state index in [0.717, 1.165) is 5.56 Å². The van der Waals surface area contributed by atoms with Crippen LogP contribution in [-0.4, -0.2) is 65.5 Å². The monoisotopic (exact) mass is 547 g/mol. The standard InChI is InChI=1S/C27H45N7O5/c1-5-17(4)22(28)25(37)34-20(14-16(2)3)23(35)33-21(15-18-10-7-6-8-11-18)24(36)32-19(26(38)39)12-9-13-31-27(29)30/h6-8,10-11,16-17,19-22H,5,9,12-15,28H2,1-4H3,(H,32,36)(H,33,35)(H,34,37)(H,38,39)(H4,29,30,31). The molecule has 0 fully saturated rings. The van der Waals surface area contributed by atoms with Gasteiger partial charge in [-0.25, -0.2) is 4.79 Å². The van der Waals surface area contributed by atoms with Gasteiger partial charge in [-0.3, -0.25) is 19.4 Å². The minimum absolute atomic E-state index is 0.0591. The lowest BCUT2D eigenvalue weighted by molar-refractivity contribution is -0.142. The highest BCUT2D eigenvalue weighted by molar-refractivity contribution is 5.94. The van der Waals surface area contributed by atoms with Crippen molar-refractivity contribution < 1.29 is 24.3 Å². The summed E-state index contributed by atoms with van der Waals surface area (Å²) in [6.45, 7) is 7.82. The molecule has 0 aliphatic heterocycles. The lowest BCUT2D eigenvalue weighted by atomic mass is 9.97. The number of rotatable bonds is 17. The molecule has 0 bridgehead atoms. The predicted octanol–water partition coefficient (Wildman–Crippen LogP) is 0.241. The van der Waals surface area contributed by atoms with E-state index in [2.05, 4.69) is 20.9 Å². The number of nitrogens with two attached hydrogens (primary N) is 3. The van der Waals surface area contributed by atoms with Gasteiger partial charge in [0.05, 0.1) is 6.04 Å². The molecule has 12 heteroatoms. The Hall–Kier alpha value is -3.67. The van der Waals surface area contributed by atoms with Crippen molar-refractivity contribution in [1.82, 2.24) is 16.0 Å². The number of carbonyl (C=O) groups is 4. The van der Waals surface area contributed by atoms with E-state index in [4.69, 9.17) is 17.2 Å². The summed E-state index contributed by atoms with van der Waals surface area (Å²) in [6, 6.07) is 5.02. The second kappa shape index (κ2) is 17.0. The highest BCUT2D eigenvalue weighted by atomic mass is 16.4. The Morgan fingerprint density at radius 2 is 1.46 bits per heavy atom. The van der Waals surface area contributed by atoms with Crippen LogP contribution in [0.4, 0.5) is 0 Å². The first kappa shape index (κ1) is 33.4. The van der Waals surface area contributed by atoms with E-state index in [1.165, 1.54) is 0 Å². The molecule has 0 spiro atoms. The van der Waals surface area contributed by atoms with Crippen LogP contribution >= 0.6 is 0 Å². The maximum Gasteiger partial charge on any atom is 0.326 e. The maximum absolute atomic E-state index is 13.4. The Labute approximate surface area is 230 Å². The molecule has 0 saturated carbocycles. The van der Waals surface area contributed by atoms with E-state index in [0.29, 0.717) is 19.3 Å². The molecule has 0 radical (unpaired) electrons. The second-order valence-corrected chi connectivity index (χ2v) is 10.2. The Morgan fingerprint density at radius 1 is 0.897 bits per heavy atom. The summed E-state index contributed by atoms with van der Waals surface area (Å²) in [5.74, 6) is -3.00. The fraction of sp³-hybridized carbons (Fsp3) is 0.593. The van der Waals surface area contributed by atoms with Crippen LogP contribution in [0.25, 0.3) is 0 Å². The molecule has 5 unspecified atom stereocenters. The van der Waals surface area contributed by atoms with E-state index >= 15 is 0 Å². The van der Waals surface area contributed by atoms with Gasteiger partial charge in [-0.15, -0.1) is 0 Å². The van der Waals surface area contributed by atoms with Crippen LogP contribution in [0.2, 0.25) is 0 Å². The first-order valence-corrected chi connectivity index (χ1v) is 13.3. The van der Waals surface area contributed by atoms with E-state index in [-0.39, 0.29) is 37.2 Å². The Kier molecular flexibility index (Phi) is 14.6. The minimum atomic E-state index is -1.22. The molecule has 1 aromatic rings. The number of amides is 3. The number of aliphatic carboxylic acids is 1. The lowest BCUT2D eigenvalue weighted by Crippen LogP contribution is -2.58. The largest absolute Gasteiger partial charge is 0.480 e. The van der Waals surface area contributed by atoms with E-state index in [9.17, 15) is 24.3 Å². The first-order valence-electron chi connectivity index (χ1n) is 13.3. The fourth-order valence-electron chi connectivity index (χ4n) is 3.85. The highest BCUT2D eigenvalue weighted by Gasteiger charge is 2.31. The van der Waals surface area contributed by atoms with Crippen LogP contribution in [0.5, 0.6) is 0 Å². The zero-order valence-corrected chi connectivity index (χ0v) is 23.4. The van der Waals surface area contributed by atoms with Crippen LogP contribution in [0, 0.1) is 11.8 Å². The Bertz CT molecular complexity index is 967. The molecule has 10 N–H and O–H groups in total. The molecule has 5 atom stereocenters. The summed E-state index contributed by atoms with van der Waals surface area (Å²) < 4.78 is 0. The number of nitrogens with one attached hydrogen (secondary N) is 3. The van der Waals surface area contributed by atoms with Crippen molar-refractivity contribution in [3.8, 4) is 0 Å². The third-order valence-electron chi connectivity index (χ3n) is 6.38.